The standard InChI is InChI=1S/C6H7N3O3/c1-3-4(12-2-8-3)5(10)9-6(7)11/h2H,1H3,(H3,7,9,10,11). The van der Waals surface area contributed by atoms with E-state index < -0.39 is 11.9 Å². The van der Waals surface area contributed by atoms with Crippen LogP contribution < -0.4 is 11.1 Å². The number of hydrogen-bond donors (Lipinski definition) is 2. The van der Waals surface area contributed by atoms with E-state index in [0.29, 0.717) is 5.69 Å². The number of imide groups is 1. The number of carbonyl (C=O) groups excluding carboxylic acids is 2. The van der Waals surface area contributed by atoms with E-state index >= 15 is 0 Å². The summed E-state index contributed by atoms with van der Waals surface area (Å²) in [5.41, 5.74) is 5.13. The van der Waals surface area contributed by atoms with E-state index in [9.17, 15) is 9.59 Å². The van der Waals surface area contributed by atoms with E-state index in [0.717, 1.165) is 6.39 Å². The lowest BCUT2D eigenvalue weighted by atomic mass is 10.3. The van der Waals surface area contributed by atoms with Gasteiger partial charge in [-0.1, -0.05) is 0 Å². The SMILES string of the molecule is Cc1ncoc1C(=O)NC(N)=O. The molecule has 1 rings (SSSR count). The highest BCUT2D eigenvalue weighted by Gasteiger charge is 2.14. The van der Waals surface area contributed by atoms with Gasteiger partial charge in [0.1, 0.15) is 0 Å². The average molecular weight is 169 g/mol. The zero-order valence-corrected chi connectivity index (χ0v) is 6.33. The quantitative estimate of drug-likeness (QED) is 0.607. The summed E-state index contributed by atoms with van der Waals surface area (Å²) in [7, 11) is 0. The number of urea groups is 1. The van der Waals surface area contributed by atoms with E-state index in [1.54, 1.807) is 6.92 Å². The predicted molar refractivity (Wildman–Crippen MR) is 38.3 cm³/mol. The molecule has 1 aromatic rings. The summed E-state index contributed by atoms with van der Waals surface area (Å²) in [4.78, 5) is 24.9. The van der Waals surface area contributed by atoms with Gasteiger partial charge in [0.05, 0.1) is 5.69 Å². The summed E-state index contributed by atoms with van der Waals surface area (Å²) in [5.74, 6) is -0.689. The highest BCUT2D eigenvalue weighted by atomic mass is 16.3. The Kier molecular flexibility index (Phi) is 2.09. The smallest absolute Gasteiger partial charge is 0.319 e. The van der Waals surface area contributed by atoms with Crippen molar-refractivity contribution in [2.24, 2.45) is 5.73 Å². The van der Waals surface area contributed by atoms with Crippen molar-refractivity contribution in [1.82, 2.24) is 10.3 Å². The Morgan fingerprint density at radius 1 is 1.67 bits per heavy atom. The molecule has 0 spiro atoms. The number of amides is 3. The Labute approximate surface area is 67.8 Å². The first-order chi connectivity index (χ1) is 5.61. The van der Waals surface area contributed by atoms with Crippen molar-refractivity contribution in [3.8, 4) is 0 Å². The number of nitrogens with two attached hydrogens (primary N) is 1. The zero-order chi connectivity index (χ0) is 9.14. The molecule has 1 aromatic heterocycles. The minimum Gasteiger partial charge on any atom is -0.438 e. The molecule has 0 saturated heterocycles. The van der Waals surface area contributed by atoms with Gasteiger partial charge in [0.2, 0.25) is 5.76 Å². The van der Waals surface area contributed by atoms with E-state index in [1.807, 2.05) is 5.32 Å². The maximum atomic E-state index is 11.0. The van der Waals surface area contributed by atoms with Crippen LogP contribution in [0.1, 0.15) is 16.2 Å². The van der Waals surface area contributed by atoms with Crippen LogP contribution in [0.15, 0.2) is 10.8 Å². The number of aromatic nitrogens is 1. The van der Waals surface area contributed by atoms with E-state index in [-0.39, 0.29) is 5.76 Å². The molecule has 0 radical (unpaired) electrons. The van der Waals surface area contributed by atoms with Gasteiger partial charge in [-0.25, -0.2) is 9.78 Å². The zero-order valence-electron chi connectivity index (χ0n) is 6.33. The molecule has 1 heterocycles. The minimum atomic E-state index is -0.921. The topological polar surface area (TPSA) is 98.2 Å². The van der Waals surface area contributed by atoms with Crippen LogP contribution in [0.3, 0.4) is 0 Å². The molecule has 0 aromatic carbocycles. The first-order valence-corrected chi connectivity index (χ1v) is 3.12. The van der Waals surface area contributed by atoms with Gasteiger partial charge in [0.25, 0.3) is 5.91 Å². The minimum absolute atomic E-state index is 0.00574. The molecule has 0 fully saturated rings. The number of rotatable bonds is 1. The Morgan fingerprint density at radius 3 is 2.75 bits per heavy atom. The van der Waals surface area contributed by atoms with Crippen molar-refractivity contribution < 1.29 is 14.0 Å². The van der Waals surface area contributed by atoms with Gasteiger partial charge < -0.3 is 10.2 Å². The average Bonchev–Trinajstić information content (AvgIpc) is 2.33. The van der Waals surface area contributed by atoms with Crippen LogP contribution in [0.2, 0.25) is 0 Å². The number of carbonyl (C=O) groups is 2. The Bertz CT molecular complexity index is 318. The monoisotopic (exact) mass is 169 g/mol. The molecule has 0 saturated carbocycles. The van der Waals surface area contributed by atoms with Gasteiger partial charge in [0.15, 0.2) is 6.39 Å². The van der Waals surface area contributed by atoms with Gasteiger partial charge in [-0.05, 0) is 6.92 Å². The fraction of sp³-hybridized carbons (Fsp3) is 0.167. The number of hydrogen-bond acceptors (Lipinski definition) is 4. The number of oxazole rings is 1. The highest BCUT2D eigenvalue weighted by molar-refractivity contribution is 6.02. The fourth-order valence-electron chi connectivity index (χ4n) is 0.689. The first kappa shape index (κ1) is 8.25. The molecule has 0 unspecified atom stereocenters. The van der Waals surface area contributed by atoms with Crippen molar-refractivity contribution in [3.05, 3.63) is 17.8 Å². The Balaban J connectivity index is 2.78. The second kappa shape index (κ2) is 3.04. The largest absolute Gasteiger partial charge is 0.438 e. The molecule has 0 bridgehead atoms. The molecule has 3 amide bonds. The van der Waals surface area contributed by atoms with Crippen molar-refractivity contribution >= 4 is 11.9 Å². The summed E-state index contributed by atoms with van der Waals surface area (Å²) in [6.07, 6.45) is 1.12. The summed E-state index contributed by atoms with van der Waals surface area (Å²) in [6.45, 7) is 1.58. The lowest BCUT2D eigenvalue weighted by Crippen LogP contribution is -2.35. The van der Waals surface area contributed by atoms with Gasteiger partial charge in [0, 0.05) is 0 Å². The fourth-order valence-corrected chi connectivity index (χ4v) is 0.689. The van der Waals surface area contributed by atoms with Crippen LogP contribution in [-0.2, 0) is 0 Å². The van der Waals surface area contributed by atoms with Gasteiger partial charge in [-0.15, -0.1) is 0 Å². The van der Waals surface area contributed by atoms with Crippen molar-refractivity contribution in [2.75, 3.05) is 0 Å². The van der Waals surface area contributed by atoms with Gasteiger partial charge in [-0.2, -0.15) is 0 Å². The van der Waals surface area contributed by atoms with Crippen LogP contribution in [0.5, 0.6) is 0 Å². The number of primary amides is 1. The number of nitrogens with one attached hydrogen (secondary N) is 1. The number of aryl methyl sites for hydroxylation is 1. The van der Waals surface area contributed by atoms with E-state index in [4.69, 9.17) is 10.2 Å². The maximum Gasteiger partial charge on any atom is 0.319 e. The summed E-state index contributed by atoms with van der Waals surface area (Å²) in [6, 6.07) is -0.921. The summed E-state index contributed by atoms with van der Waals surface area (Å²) >= 11 is 0. The van der Waals surface area contributed by atoms with Crippen LogP contribution in [-0.4, -0.2) is 16.9 Å². The Hall–Kier alpha value is -1.85. The maximum absolute atomic E-state index is 11.0. The first-order valence-electron chi connectivity index (χ1n) is 3.12. The molecule has 0 atom stereocenters. The van der Waals surface area contributed by atoms with Crippen molar-refractivity contribution in [3.63, 3.8) is 0 Å². The molecule has 0 aliphatic carbocycles. The molecule has 3 N–H and O–H groups in total. The molecule has 0 aliphatic rings. The van der Waals surface area contributed by atoms with E-state index in [1.165, 1.54) is 0 Å². The lowest BCUT2D eigenvalue weighted by Gasteiger charge is -1.95. The van der Waals surface area contributed by atoms with Gasteiger partial charge >= 0.3 is 6.03 Å². The predicted octanol–water partition coefficient (Wildman–Crippen LogP) is -0.208. The molecule has 12 heavy (non-hydrogen) atoms. The van der Waals surface area contributed by atoms with Crippen molar-refractivity contribution in [2.45, 2.75) is 6.92 Å². The molecule has 0 aliphatic heterocycles. The van der Waals surface area contributed by atoms with Crippen molar-refractivity contribution in [1.29, 1.82) is 0 Å². The second-order valence-electron chi connectivity index (χ2n) is 2.09. The molecule has 6 heteroatoms. The van der Waals surface area contributed by atoms with E-state index in [2.05, 4.69) is 4.98 Å². The molecule has 64 valence electrons. The van der Waals surface area contributed by atoms with Crippen LogP contribution in [0.25, 0.3) is 0 Å². The van der Waals surface area contributed by atoms with Gasteiger partial charge in [-0.3, -0.25) is 10.1 Å². The third-order valence-electron chi connectivity index (χ3n) is 1.19. The summed E-state index contributed by atoms with van der Waals surface area (Å²) < 4.78 is 4.70. The highest BCUT2D eigenvalue weighted by Crippen LogP contribution is 2.03. The second-order valence-corrected chi connectivity index (χ2v) is 2.09. The third kappa shape index (κ3) is 1.60. The third-order valence-corrected chi connectivity index (χ3v) is 1.19. The molecule has 6 nitrogen and oxygen atoms in total. The molecular weight excluding hydrogens is 162 g/mol. The van der Waals surface area contributed by atoms with Crippen LogP contribution in [0.4, 0.5) is 4.79 Å². The number of nitrogens with zero attached hydrogens (tertiary/aromatic N) is 1. The molecular formula is C6H7N3O3. The lowest BCUT2D eigenvalue weighted by molar-refractivity contribution is 0.0938. The van der Waals surface area contributed by atoms with Crippen LogP contribution >= 0.6 is 0 Å². The Morgan fingerprint density at radius 2 is 2.33 bits per heavy atom. The summed E-state index contributed by atoms with van der Waals surface area (Å²) in [5, 5.41) is 1.85. The normalized spacial score (nSPS) is 9.42. The van der Waals surface area contributed by atoms with Crippen LogP contribution in [0, 0.1) is 6.92 Å².